The maximum absolute atomic E-state index is 9.44. The van der Waals surface area contributed by atoms with E-state index in [1.165, 1.54) is 5.56 Å². The summed E-state index contributed by atoms with van der Waals surface area (Å²) in [6.45, 7) is 7.56. The van der Waals surface area contributed by atoms with Gasteiger partial charge in [0.2, 0.25) is 0 Å². The highest BCUT2D eigenvalue weighted by Crippen LogP contribution is 2.23. The molecule has 1 heterocycles. The fourth-order valence-electron chi connectivity index (χ4n) is 2.72. The van der Waals surface area contributed by atoms with Crippen LogP contribution in [0.1, 0.15) is 12.5 Å². The number of aliphatic hydroxyl groups is 1. The first kappa shape index (κ1) is 16.1. The van der Waals surface area contributed by atoms with Crippen LogP contribution in [0.5, 0.6) is 11.5 Å². The molecular formula is C16H26N2O3. The van der Waals surface area contributed by atoms with Crippen LogP contribution < -0.4 is 9.47 Å². The molecule has 1 saturated heterocycles. The number of aliphatic hydroxyl groups excluding tert-OH is 1. The predicted molar refractivity (Wildman–Crippen MR) is 82.9 cm³/mol. The fourth-order valence-corrected chi connectivity index (χ4v) is 2.72. The van der Waals surface area contributed by atoms with Gasteiger partial charge >= 0.3 is 0 Å². The Morgan fingerprint density at radius 3 is 2.00 bits per heavy atom. The number of β-amino-alcohol motifs (C(OH)–C–C–N with tert-alkyl or cyclic N) is 1. The molecule has 118 valence electrons. The maximum atomic E-state index is 9.44. The first-order chi connectivity index (χ1) is 10.1. The molecule has 0 bridgehead atoms. The summed E-state index contributed by atoms with van der Waals surface area (Å²) in [5.74, 6) is 1.66. The normalized spacial score (nSPS) is 18.5. The van der Waals surface area contributed by atoms with Gasteiger partial charge in [-0.2, -0.15) is 0 Å². The minimum Gasteiger partial charge on any atom is -0.497 e. The first-order valence-corrected chi connectivity index (χ1v) is 7.45. The summed E-state index contributed by atoms with van der Waals surface area (Å²) in [4.78, 5) is 4.74. The molecular weight excluding hydrogens is 268 g/mol. The van der Waals surface area contributed by atoms with Crippen molar-refractivity contribution < 1.29 is 14.6 Å². The number of rotatable bonds is 6. The molecule has 5 heteroatoms. The van der Waals surface area contributed by atoms with Gasteiger partial charge in [0.25, 0.3) is 0 Å². The average molecular weight is 294 g/mol. The van der Waals surface area contributed by atoms with Crippen LogP contribution in [0, 0.1) is 0 Å². The van der Waals surface area contributed by atoms with E-state index in [2.05, 4.69) is 21.9 Å². The van der Waals surface area contributed by atoms with Crippen molar-refractivity contribution in [1.82, 2.24) is 9.80 Å². The second-order valence-electron chi connectivity index (χ2n) is 5.65. The van der Waals surface area contributed by atoms with E-state index in [1.54, 1.807) is 14.2 Å². The van der Waals surface area contributed by atoms with Crippen LogP contribution in [0.2, 0.25) is 0 Å². The van der Waals surface area contributed by atoms with Gasteiger partial charge in [-0.25, -0.2) is 0 Å². The largest absolute Gasteiger partial charge is 0.497 e. The average Bonchev–Trinajstić information content (AvgIpc) is 2.48. The third-order valence-corrected chi connectivity index (χ3v) is 3.80. The van der Waals surface area contributed by atoms with Crippen LogP contribution in [0.3, 0.4) is 0 Å². The highest BCUT2D eigenvalue weighted by Gasteiger charge is 2.18. The number of ether oxygens (including phenoxy) is 2. The van der Waals surface area contributed by atoms with Gasteiger partial charge < -0.3 is 14.6 Å². The summed E-state index contributed by atoms with van der Waals surface area (Å²) in [5.41, 5.74) is 1.20. The summed E-state index contributed by atoms with van der Waals surface area (Å²) in [7, 11) is 3.35. The Hall–Kier alpha value is -1.30. The van der Waals surface area contributed by atoms with Gasteiger partial charge in [-0.15, -0.1) is 0 Å². The predicted octanol–water partition coefficient (Wildman–Crippen LogP) is 1.20. The Balaban J connectivity index is 1.91. The molecule has 2 rings (SSSR count). The Bertz CT molecular complexity index is 421. The van der Waals surface area contributed by atoms with Crippen molar-refractivity contribution in [2.45, 2.75) is 19.6 Å². The summed E-state index contributed by atoms with van der Waals surface area (Å²) < 4.78 is 10.6. The topological polar surface area (TPSA) is 45.2 Å². The van der Waals surface area contributed by atoms with Crippen molar-refractivity contribution >= 4 is 0 Å². The van der Waals surface area contributed by atoms with E-state index >= 15 is 0 Å². The molecule has 1 N–H and O–H groups in total. The van der Waals surface area contributed by atoms with Crippen molar-refractivity contribution in [2.24, 2.45) is 0 Å². The Morgan fingerprint density at radius 2 is 1.52 bits per heavy atom. The zero-order valence-electron chi connectivity index (χ0n) is 13.2. The van der Waals surface area contributed by atoms with Gasteiger partial charge in [0.15, 0.2) is 0 Å². The number of piperazine rings is 1. The summed E-state index contributed by atoms with van der Waals surface area (Å²) >= 11 is 0. The van der Waals surface area contributed by atoms with E-state index in [9.17, 15) is 5.11 Å². The minimum absolute atomic E-state index is 0.251. The third-order valence-electron chi connectivity index (χ3n) is 3.80. The van der Waals surface area contributed by atoms with E-state index in [-0.39, 0.29) is 6.10 Å². The Kier molecular flexibility index (Phi) is 5.85. The highest BCUT2D eigenvalue weighted by molar-refractivity contribution is 5.38. The molecule has 1 unspecified atom stereocenters. The lowest BCUT2D eigenvalue weighted by molar-refractivity contribution is 0.0780. The molecule has 21 heavy (non-hydrogen) atoms. The molecule has 0 spiro atoms. The minimum atomic E-state index is -0.251. The fraction of sp³-hybridized carbons (Fsp3) is 0.625. The Morgan fingerprint density at radius 1 is 1.00 bits per heavy atom. The van der Waals surface area contributed by atoms with Crippen LogP contribution in [0.25, 0.3) is 0 Å². The molecule has 5 nitrogen and oxygen atoms in total. The van der Waals surface area contributed by atoms with Gasteiger partial charge in [-0.05, 0) is 24.6 Å². The smallest absolute Gasteiger partial charge is 0.122 e. The molecule has 0 aliphatic carbocycles. The van der Waals surface area contributed by atoms with E-state index < -0.39 is 0 Å². The first-order valence-electron chi connectivity index (χ1n) is 7.45. The quantitative estimate of drug-likeness (QED) is 0.854. The van der Waals surface area contributed by atoms with E-state index in [0.29, 0.717) is 0 Å². The molecule has 1 fully saturated rings. The molecule has 0 amide bonds. The van der Waals surface area contributed by atoms with Gasteiger partial charge in [0.05, 0.1) is 20.3 Å². The zero-order chi connectivity index (χ0) is 15.2. The molecule has 1 aliphatic heterocycles. The maximum Gasteiger partial charge on any atom is 0.122 e. The van der Waals surface area contributed by atoms with Crippen LogP contribution in [-0.2, 0) is 6.54 Å². The van der Waals surface area contributed by atoms with Crippen molar-refractivity contribution in [1.29, 1.82) is 0 Å². The number of benzene rings is 1. The summed E-state index contributed by atoms with van der Waals surface area (Å²) in [6.07, 6.45) is -0.251. The molecule has 1 aliphatic rings. The van der Waals surface area contributed by atoms with Crippen molar-refractivity contribution in [3.05, 3.63) is 23.8 Å². The molecule has 0 aromatic heterocycles. The monoisotopic (exact) mass is 294 g/mol. The summed E-state index contributed by atoms with van der Waals surface area (Å²) in [6, 6.07) is 6.01. The number of hydrogen-bond acceptors (Lipinski definition) is 5. The summed E-state index contributed by atoms with van der Waals surface area (Å²) in [5, 5.41) is 9.44. The molecule has 0 radical (unpaired) electrons. The number of nitrogens with zero attached hydrogens (tertiary/aromatic N) is 2. The Labute approximate surface area is 127 Å². The van der Waals surface area contributed by atoms with Crippen molar-refractivity contribution in [2.75, 3.05) is 46.9 Å². The lowest BCUT2D eigenvalue weighted by Gasteiger charge is -2.35. The van der Waals surface area contributed by atoms with Gasteiger partial charge in [0.1, 0.15) is 11.5 Å². The van der Waals surface area contributed by atoms with Crippen LogP contribution >= 0.6 is 0 Å². The molecule has 1 atom stereocenters. The van der Waals surface area contributed by atoms with Gasteiger partial charge in [0, 0.05) is 45.3 Å². The van der Waals surface area contributed by atoms with Gasteiger partial charge in [-0.3, -0.25) is 9.80 Å². The van der Waals surface area contributed by atoms with Crippen molar-refractivity contribution in [3.8, 4) is 11.5 Å². The highest BCUT2D eigenvalue weighted by atomic mass is 16.5. The lowest BCUT2D eigenvalue weighted by atomic mass is 10.1. The van der Waals surface area contributed by atoms with Crippen molar-refractivity contribution in [3.63, 3.8) is 0 Å². The van der Waals surface area contributed by atoms with Crippen LogP contribution in [0.15, 0.2) is 18.2 Å². The lowest BCUT2D eigenvalue weighted by Crippen LogP contribution is -2.47. The molecule has 0 saturated carbocycles. The second kappa shape index (κ2) is 7.64. The standard InChI is InChI=1S/C16H26N2O3/c1-13(19)11-17-4-6-18(7-5-17)12-14-8-15(20-2)10-16(9-14)21-3/h8-10,13,19H,4-7,11-12H2,1-3H3. The second-order valence-corrected chi connectivity index (χ2v) is 5.65. The molecule has 1 aromatic rings. The number of methoxy groups -OCH3 is 2. The third kappa shape index (κ3) is 4.88. The zero-order valence-corrected chi connectivity index (χ0v) is 13.2. The van der Waals surface area contributed by atoms with E-state index in [1.807, 2.05) is 13.0 Å². The molecule has 1 aromatic carbocycles. The van der Waals surface area contributed by atoms with Crippen LogP contribution in [0.4, 0.5) is 0 Å². The van der Waals surface area contributed by atoms with E-state index in [0.717, 1.165) is 50.8 Å². The SMILES string of the molecule is COc1cc(CN2CCN(CC(C)O)CC2)cc(OC)c1. The van der Waals surface area contributed by atoms with E-state index in [4.69, 9.17) is 9.47 Å². The van der Waals surface area contributed by atoms with Gasteiger partial charge in [-0.1, -0.05) is 0 Å². The number of hydrogen-bond donors (Lipinski definition) is 1. The van der Waals surface area contributed by atoms with Crippen LogP contribution in [-0.4, -0.2) is 68.0 Å².